The molecule has 1 saturated heterocycles. The van der Waals surface area contributed by atoms with Gasteiger partial charge in [0.15, 0.2) is 23.1 Å². The van der Waals surface area contributed by atoms with Crippen LogP contribution in [0.15, 0.2) is 139 Å². The molecule has 6 atom stereocenters. The van der Waals surface area contributed by atoms with E-state index in [0.717, 1.165) is 16.7 Å². The first-order chi connectivity index (χ1) is 31.1. The Morgan fingerprint density at radius 3 is 2.00 bits per heavy atom. The molecule has 1 N–H and O–H groups in total. The average Bonchev–Trinajstić information content (AvgIpc) is 3.59. The minimum Gasteiger partial charge on any atom is -0.502 e. The van der Waals surface area contributed by atoms with Crippen molar-refractivity contribution in [3.05, 3.63) is 167 Å². The number of carbonyl (C=O) groups excluding carboxylic acids is 4. The van der Waals surface area contributed by atoms with Crippen LogP contribution in [0, 0.1) is 29.6 Å². The van der Waals surface area contributed by atoms with Gasteiger partial charge < -0.3 is 24.1 Å². The summed E-state index contributed by atoms with van der Waals surface area (Å²) in [5, 5.41) is 10.7. The van der Waals surface area contributed by atoms with Crippen molar-refractivity contribution in [3.8, 4) is 28.7 Å². The minimum atomic E-state index is -1.38. The van der Waals surface area contributed by atoms with Gasteiger partial charge in [0, 0.05) is 23.0 Å². The fourth-order valence-corrected chi connectivity index (χ4v) is 10.5. The van der Waals surface area contributed by atoms with Crippen LogP contribution in [0.5, 0.6) is 28.7 Å². The van der Waals surface area contributed by atoms with E-state index < -0.39 is 35.0 Å². The van der Waals surface area contributed by atoms with Crippen LogP contribution >= 0.6 is 0 Å². The zero-order chi connectivity index (χ0) is 44.7. The van der Waals surface area contributed by atoms with Crippen molar-refractivity contribution in [2.45, 2.75) is 18.3 Å². The molecule has 1 heterocycles. The van der Waals surface area contributed by atoms with Gasteiger partial charge in [-0.05, 0) is 89.6 Å². The highest BCUT2D eigenvalue weighted by atomic mass is 16.5. The summed E-state index contributed by atoms with van der Waals surface area (Å²) in [7, 11) is 6.11. The quantitative estimate of drug-likeness (QED) is 0.0786. The smallest absolute Gasteiger partial charge is 0.238 e. The summed E-state index contributed by atoms with van der Waals surface area (Å²) in [6.07, 6.45) is 11.6. The third kappa shape index (κ3) is 6.90. The van der Waals surface area contributed by atoms with Gasteiger partial charge in [0.25, 0.3) is 0 Å². The molecule has 5 aromatic rings. The maximum atomic E-state index is 15.3. The van der Waals surface area contributed by atoms with Gasteiger partial charge in [0.2, 0.25) is 17.6 Å². The van der Waals surface area contributed by atoms with Crippen LogP contribution in [0.1, 0.15) is 40.7 Å². The Morgan fingerprint density at radius 1 is 0.672 bits per heavy atom. The maximum Gasteiger partial charge on any atom is 0.238 e. The zero-order valence-corrected chi connectivity index (χ0v) is 35.9. The molecule has 1 saturated carbocycles. The number of rotatable bonds is 11. The summed E-state index contributed by atoms with van der Waals surface area (Å²) in [4.78, 5) is 61.3. The van der Waals surface area contributed by atoms with Crippen LogP contribution < -0.4 is 23.8 Å². The molecule has 1 aliphatic heterocycles. The standard InChI is InChI=1S/C54H47NO9/c1-61-38-22-26-45(62-2)35(29-38)19-15-32-16-20-37(21-17-32)55-52(59)40-24-23-39-42(49(40)53(55)60)30-44-50(57)41(34-11-7-5-8-12-34)31-48(56)54(44,36-13-9-6-10-14-36)43(39)25-18-33-27-46(63-3)51(58)47(28-33)64-4/h5-23,25-29,31,40,42-44,49,58H,24,30H2,1-4H3/t40-,42+,43-,44-,49-,54-/m0/s1. The van der Waals surface area contributed by atoms with Gasteiger partial charge in [0.05, 0.1) is 51.4 Å². The first-order valence-electron chi connectivity index (χ1n) is 21.2. The van der Waals surface area contributed by atoms with E-state index >= 15 is 9.59 Å². The molecule has 0 spiro atoms. The van der Waals surface area contributed by atoms with Gasteiger partial charge in [-0.15, -0.1) is 0 Å². The van der Waals surface area contributed by atoms with E-state index in [1.54, 1.807) is 38.5 Å². The van der Waals surface area contributed by atoms with E-state index in [9.17, 15) is 14.7 Å². The Hall–Kier alpha value is -7.46. The summed E-state index contributed by atoms with van der Waals surface area (Å²) in [6.45, 7) is 0. The van der Waals surface area contributed by atoms with E-state index in [1.165, 1.54) is 25.2 Å². The summed E-state index contributed by atoms with van der Waals surface area (Å²) < 4.78 is 21.9. The average molecular weight is 854 g/mol. The zero-order valence-electron chi connectivity index (χ0n) is 35.9. The molecule has 64 heavy (non-hydrogen) atoms. The van der Waals surface area contributed by atoms with E-state index in [0.29, 0.717) is 39.4 Å². The van der Waals surface area contributed by atoms with Gasteiger partial charge in [-0.3, -0.25) is 24.1 Å². The number of benzene rings is 5. The van der Waals surface area contributed by atoms with Crippen LogP contribution in [0.25, 0.3) is 23.8 Å². The summed E-state index contributed by atoms with van der Waals surface area (Å²) in [6, 6.07) is 34.8. The number of hydrogen-bond donors (Lipinski definition) is 1. The first-order valence-corrected chi connectivity index (χ1v) is 21.2. The molecule has 0 aromatic heterocycles. The number of allylic oxidation sites excluding steroid dienone is 5. The van der Waals surface area contributed by atoms with Crippen LogP contribution in [0.2, 0.25) is 0 Å². The number of aromatic hydroxyl groups is 1. The SMILES string of the molecule is COc1ccc(OC)c(C=Cc2ccc(N3C(=O)[C@H]4[C@H](CC=C5[C@H]4C[C@H]4C(=O)C(c6ccccc6)=CC(=O)[C@@]4(c4ccccc4)[C@H]5C=Cc4cc(OC)c(O)c(OC)c4)C3=O)cc2)c1. The maximum absolute atomic E-state index is 15.3. The van der Waals surface area contributed by atoms with Gasteiger partial charge in [0.1, 0.15) is 11.5 Å². The highest BCUT2D eigenvalue weighted by Crippen LogP contribution is 2.61. The lowest BCUT2D eigenvalue weighted by molar-refractivity contribution is -0.135. The van der Waals surface area contributed by atoms with Gasteiger partial charge in [-0.2, -0.15) is 0 Å². The molecule has 0 unspecified atom stereocenters. The molecule has 10 nitrogen and oxygen atoms in total. The lowest BCUT2D eigenvalue weighted by Crippen LogP contribution is -2.59. The molecule has 5 aromatic carbocycles. The Morgan fingerprint density at radius 2 is 1.34 bits per heavy atom. The highest BCUT2D eigenvalue weighted by Gasteiger charge is 2.65. The number of phenols is 1. The number of carbonyl (C=O) groups is 4. The Labute approximate surface area is 371 Å². The number of imide groups is 1. The first kappa shape index (κ1) is 41.9. The second-order valence-electron chi connectivity index (χ2n) is 16.5. The van der Waals surface area contributed by atoms with Crippen molar-refractivity contribution in [1.29, 1.82) is 0 Å². The summed E-state index contributed by atoms with van der Waals surface area (Å²) >= 11 is 0. The molecule has 2 amide bonds. The van der Waals surface area contributed by atoms with Crippen molar-refractivity contribution in [2.75, 3.05) is 33.3 Å². The van der Waals surface area contributed by atoms with Crippen LogP contribution in [0.4, 0.5) is 5.69 Å². The number of amides is 2. The monoisotopic (exact) mass is 853 g/mol. The Bertz CT molecular complexity index is 2760. The number of Topliss-reactive ketones (excluding diaryl/α,β-unsaturated/α-hetero) is 1. The molecule has 0 bridgehead atoms. The van der Waals surface area contributed by atoms with E-state index in [2.05, 4.69) is 0 Å². The molecule has 9 rings (SSSR count). The van der Waals surface area contributed by atoms with Crippen molar-refractivity contribution in [2.24, 2.45) is 29.6 Å². The third-order valence-corrected chi connectivity index (χ3v) is 13.5. The van der Waals surface area contributed by atoms with Gasteiger partial charge in [-0.25, -0.2) is 0 Å². The number of hydrogen-bond acceptors (Lipinski definition) is 9. The van der Waals surface area contributed by atoms with Gasteiger partial charge in [-0.1, -0.05) is 109 Å². The van der Waals surface area contributed by atoms with Gasteiger partial charge >= 0.3 is 0 Å². The largest absolute Gasteiger partial charge is 0.502 e. The van der Waals surface area contributed by atoms with Crippen LogP contribution in [-0.2, 0) is 24.6 Å². The van der Waals surface area contributed by atoms with Crippen molar-refractivity contribution < 1.29 is 43.2 Å². The lowest BCUT2D eigenvalue weighted by Gasteiger charge is -2.54. The van der Waals surface area contributed by atoms with E-state index in [4.69, 9.17) is 18.9 Å². The number of phenolic OH excluding ortho intramolecular Hbond substituents is 1. The molecular weight excluding hydrogens is 807 g/mol. The molecular formula is C54H47NO9. The number of methoxy groups -OCH3 is 4. The Kier molecular flexibility index (Phi) is 11.1. The number of ketones is 2. The summed E-state index contributed by atoms with van der Waals surface area (Å²) in [5.41, 5.74) is 3.87. The van der Waals surface area contributed by atoms with Crippen molar-refractivity contribution in [1.82, 2.24) is 0 Å². The minimum absolute atomic E-state index is 0.151. The molecule has 322 valence electrons. The highest BCUT2D eigenvalue weighted by molar-refractivity contribution is 6.31. The molecule has 3 aliphatic carbocycles. The van der Waals surface area contributed by atoms with Crippen molar-refractivity contribution in [3.63, 3.8) is 0 Å². The molecule has 2 fully saturated rings. The predicted octanol–water partition coefficient (Wildman–Crippen LogP) is 9.17. The second kappa shape index (κ2) is 17.0. The number of nitrogens with zero attached hydrogens (tertiary/aromatic N) is 1. The van der Waals surface area contributed by atoms with E-state index in [-0.39, 0.29) is 53.5 Å². The third-order valence-electron chi connectivity index (χ3n) is 13.5. The van der Waals surface area contributed by atoms with Crippen molar-refractivity contribution >= 4 is 52.9 Å². The normalized spacial score (nSPS) is 23.9. The predicted molar refractivity (Wildman–Crippen MR) is 245 cm³/mol. The molecule has 4 aliphatic rings. The fraction of sp³-hybridized carbons (Fsp3) is 0.222. The number of anilines is 1. The number of fused-ring (bicyclic) bond motifs is 4. The topological polar surface area (TPSA) is 129 Å². The summed E-state index contributed by atoms with van der Waals surface area (Å²) in [5.74, 6) is -2.93. The lowest BCUT2D eigenvalue weighted by atomic mass is 9.45. The second-order valence-corrected chi connectivity index (χ2v) is 16.5. The Balaban J connectivity index is 1.13. The van der Waals surface area contributed by atoms with Crippen LogP contribution in [0.3, 0.4) is 0 Å². The fourth-order valence-electron chi connectivity index (χ4n) is 10.5. The number of ether oxygens (including phenoxy) is 4. The molecule has 10 heteroatoms. The van der Waals surface area contributed by atoms with E-state index in [1.807, 2.05) is 121 Å². The van der Waals surface area contributed by atoms with Crippen LogP contribution in [-0.4, -0.2) is 56.9 Å². The molecule has 0 radical (unpaired) electrons.